The predicted octanol–water partition coefficient (Wildman–Crippen LogP) is 3.58. The highest BCUT2D eigenvalue weighted by molar-refractivity contribution is 7.97. The summed E-state index contributed by atoms with van der Waals surface area (Å²) in [6.07, 6.45) is 0. The highest BCUT2D eigenvalue weighted by atomic mass is 32.2. The first-order valence-electron chi connectivity index (χ1n) is 8.03. The molecule has 0 aromatic heterocycles. The van der Waals surface area contributed by atoms with Gasteiger partial charge in [0.05, 0.1) is 10.9 Å². The molecule has 0 saturated heterocycles. The first-order chi connectivity index (χ1) is 12.9. The summed E-state index contributed by atoms with van der Waals surface area (Å²) in [5.41, 5.74) is 0. The summed E-state index contributed by atoms with van der Waals surface area (Å²) in [7, 11) is -4.74. The molecule has 0 atom stereocenters. The van der Waals surface area contributed by atoms with E-state index < -0.39 is 21.8 Å². The molecule has 27 heavy (non-hydrogen) atoms. The van der Waals surface area contributed by atoms with E-state index >= 15 is 0 Å². The lowest BCUT2D eigenvalue weighted by atomic mass is 10.3. The van der Waals surface area contributed by atoms with Crippen LogP contribution in [0.5, 0.6) is 5.75 Å². The van der Waals surface area contributed by atoms with Crippen molar-refractivity contribution in [2.24, 2.45) is 0 Å². The van der Waals surface area contributed by atoms with E-state index in [0.29, 0.717) is 0 Å². The lowest BCUT2D eigenvalue weighted by Crippen LogP contribution is -2.20. The van der Waals surface area contributed by atoms with Crippen LogP contribution in [0, 0.1) is 0 Å². The van der Waals surface area contributed by atoms with Crippen molar-refractivity contribution in [2.45, 2.75) is 14.7 Å². The van der Waals surface area contributed by atoms with Gasteiger partial charge in [-0.3, -0.25) is 9.35 Å². The topological polar surface area (TPSA) is 80.7 Å². The fourth-order valence-electron chi connectivity index (χ4n) is 2.48. The fourth-order valence-corrected chi connectivity index (χ4v) is 4.92. The molecule has 0 radical (unpaired) electrons. The highest BCUT2D eigenvalue weighted by Gasteiger charge is 2.28. The Balaban J connectivity index is 1.87. The molecule has 0 spiro atoms. The number of rotatable bonds is 6. The van der Waals surface area contributed by atoms with Crippen molar-refractivity contribution in [3.8, 4) is 5.75 Å². The van der Waals surface area contributed by atoms with Crippen molar-refractivity contribution in [3.63, 3.8) is 0 Å². The van der Waals surface area contributed by atoms with E-state index in [9.17, 15) is 13.2 Å². The molecule has 3 rings (SSSR count). The number of hydrogen-bond donors (Lipinski definition) is 1. The fraction of sp³-hybridized carbons (Fsp3) is 0.0500. The van der Waals surface area contributed by atoms with Crippen molar-refractivity contribution < 1.29 is 22.5 Å². The summed E-state index contributed by atoms with van der Waals surface area (Å²) in [6, 6.07) is 27.1. The maximum Gasteiger partial charge on any atom is 0.329 e. The van der Waals surface area contributed by atoms with Crippen LogP contribution in [-0.2, 0) is 25.8 Å². The molecular formula is C20H17O5S2+. The standard InChI is InChI=1S/C20H16O5S2/c21-20(15-27(22,23)24)25-16-11-13-19(14-12-16)26(17-7-3-1-4-8-17)18-9-5-2-6-10-18/h1-14H,15H2/p+1. The van der Waals surface area contributed by atoms with Crippen LogP contribution in [0.15, 0.2) is 99.6 Å². The van der Waals surface area contributed by atoms with Crippen LogP contribution in [0.1, 0.15) is 0 Å². The Hall–Kier alpha value is -2.61. The van der Waals surface area contributed by atoms with Gasteiger partial charge in [0.15, 0.2) is 20.4 Å². The van der Waals surface area contributed by atoms with E-state index in [4.69, 9.17) is 9.29 Å². The Morgan fingerprint density at radius 2 is 1.22 bits per heavy atom. The van der Waals surface area contributed by atoms with Crippen LogP contribution in [0.4, 0.5) is 0 Å². The number of carbonyl (C=O) groups is 1. The average Bonchev–Trinajstić information content (AvgIpc) is 2.64. The van der Waals surface area contributed by atoms with Crippen LogP contribution < -0.4 is 4.74 Å². The second-order valence-corrected chi connectivity index (χ2v) is 9.08. The van der Waals surface area contributed by atoms with Gasteiger partial charge in [0.2, 0.25) is 0 Å². The molecule has 138 valence electrons. The summed E-state index contributed by atoms with van der Waals surface area (Å²) in [5, 5.41) is 0. The Kier molecular flexibility index (Phi) is 5.95. The Bertz CT molecular complexity index is 962. The molecule has 0 saturated carbocycles. The first-order valence-corrected chi connectivity index (χ1v) is 10.9. The average molecular weight is 401 g/mol. The summed E-state index contributed by atoms with van der Waals surface area (Å²) in [5.74, 6) is -1.89. The Labute approximate surface area is 160 Å². The van der Waals surface area contributed by atoms with E-state index in [1.54, 1.807) is 12.1 Å². The van der Waals surface area contributed by atoms with Crippen molar-refractivity contribution in [1.29, 1.82) is 0 Å². The van der Waals surface area contributed by atoms with Gasteiger partial charge in [0.25, 0.3) is 10.1 Å². The van der Waals surface area contributed by atoms with Gasteiger partial charge < -0.3 is 4.74 Å². The molecule has 7 heteroatoms. The minimum atomic E-state index is -4.41. The van der Waals surface area contributed by atoms with Crippen molar-refractivity contribution in [2.75, 3.05) is 5.75 Å². The molecule has 0 bridgehead atoms. The smallest absolute Gasteiger partial charge is 0.329 e. The monoisotopic (exact) mass is 401 g/mol. The molecule has 3 aromatic carbocycles. The quantitative estimate of drug-likeness (QED) is 0.296. The maximum atomic E-state index is 11.5. The van der Waals surface area contributed by atoms with Crippen LogP contribution in [-0.4, -0.2) is 24.7 Å². The van der Waals surface area contributed by atoms with Crippen LogP contribution in [0.25, 0.3) is 0 Å². The van der Waals surface area contributed by atoms with Crippen LogP contribution in [0.2, 0.25) is 0 Å². The zero-order valence-corrected chi connectivity index (χ0v) is 15.8. The van der Waals surface area contributed by atoms with E-state index in [2.05, 4.69) is 24.3 Å². The van der Waals surface area contributed by atoms with Gasteiger partial charge in [-0.1, -0.05) is 36.4 Å². The molecular weight excluding hydrogens is 384 g/mol. The molecule has 0 heterocycles. The lowest BCUT2D eigenvalue weighted by molar-refractivity contribution is -0.131. The normalized spacial score (nSPS) is 11.3. The van der Waals surface area contributed by atoms with Gasteiger partial charge in [-0.2, -0.15) is 8.42 Å². The van der Waals surface area contributed by atoms with Gasteiger partial charge in [-0.15, -0.1) is 0 Å². The van der Waals surface area contributed by atoms with Gasteiger partial charge in [0.1, 0.15) is 5.75 Å². The molecule has 0 amide bonds. The molecule has 0 fully saturated rings. The highest BCUT2D eigenvalue weighted by Crippen LogP contribution is 2.31. The van der Waals surface area contributed by atoms with Crippen molar-refractivity contribution >= 4 is 27.0 Å². The summed E-state index contributed by atoms with van der Waals surface area (Å²) >= 11 is 0. The third-order valence-corrected chi connectivity index (χ3v) is 6.38. The van der Waals surface area contributed by atoms with Gasteiger partial charge in [-0.05, 0) is 48.5 Å². The summed E-state index contributed by atoms with van der Waals surface area (Å²) < 4.78 is 35.2. The second kappa shape index (κ2) is 8.39. The molecule has 3 aromatic rings. The number of hydrogen-bond acceptors (Lipinski definition) is 4. The van der Waals surface area contributed by atoms with E-state index in [1.165, 1.54) is 0 Å². The van der Waals surface area contributed by atoms with Gasteiger partial charge >= 0.3 is 5.97 Å². The predicted molar refractivity (Wildman–Crippen MR) is 104 cm³/mol. The number of ether oxygens (including phenoxy) is 1. The molecule has 5 nitrogen and oxygen atoms in total. The van der Waals surface area contributed by atoms with E-state index in [1.807, 2.05) is 48.5 Å². The molecule has 1 N–H and O–H groups in total. The zero-order chi connectivity index (χ0) is 19.3. The second-order valence-electron chi connectivity index (χ2n) is 5.60. The maximum absolute atomic E-state index is 11.5. The number of carbonyl (C=O) groups excluding carboxylic acids is 1. The largest absolute Gasteiger partial charge is 0.426 e. The number of benzene rings is 3. The van der Waals surface area contributed by atoms with E-state index in [-0.39, 0.29) is 16.6 Å². The minimum absolute atomic E-state index is 0.220. The summed E-state index contributed by atoms with van der Waals surface area (Å²) in [6.45, 7) is 0. The van der Waals surface area contributed by atoms with Crippen molar-refractivity contribution in [3.05, 3.63) is 84.9 Å². The number of esters is 1. The minimum Gasteiger partial charge on any atom is -0.426 e. The molecule has 0 aliphatic heterocycles. The summed E-state index contributed by atoms with van der Waals surface area (Å²) in [4.78, 5) is 14.9. The van der Waals surface area contributed by atoms with E-state index in [0.717, 1.165) is 14.7 Å². The SMILES string of the molecule is O=C(CS(=O)(=O)O)Oc1ccc([S+](c2ccccc2)c2ccccc2)cc1. The zero-order valence-electron chi connectivity index (χ0n) is 14.2. The molecule has 0 aliphatic carbocycles. The van der Waals surface area contributed by atoms with Crippen molar-refractivity contribution in [1.82, 2.24) is 0 Å². The van der Waals surface area contributed by atoms with Gasteiger partial charge in [0, 0.05) is 0 Å². The van der Waals surface area contributed by atoms with Crippen LogP contribution in [0.3, 0.4) is 0 Å². The lowest BCUT2D eigenvalue weighted by Gasteiger charge is -2.09. The van der Waals surface area contributed by atoms with Crippen LogP contribution >= 0.6 is 0 Å². The third kappa shape index (κ3) is 5.43. The molecule has 0 unspecified atom stereocenters. The Morgan fingerprint density at radius 3 is 1.67 bits per heavy atom. The van der Waals surface area contributed by atoms with Gasteiger partial charge in [-0.25, -0.2) is 0 Å². The Morgan fingerprint density at radius 1 is 0.778 bits per heavy atom. The molecule has 0 aliphatic rings. The third-order valence-electron chi connectivity index (χ3n) is 3.55. The first kappa shape index (κ1) is 19.2.